The van der Waals surface area contributed by atoms with Crippen molar-refractivity contribution in [2.75, 3.05) is 0 Å². The number of thiocarbonyl (C=S) groups is 1. The second-order valence-corrected chi connectivity index (χ2v) is 3.15. The summed E-state index contributed by atoms with van der Waals surface area (Å²) in [5.41, 5.74) is 7.51. The molecule has 12 heavy (non-hydrogen) atoms. The van der Waals surface area contributed by atoms with Crippen LogP contribution in [0.1, 0.15) is 11.1 Å². The van der Waals surface area contributed by atoms with Crippen LogP contribution in [0.4, 0.5) is 0 Å². The van der Waals surface area contributed by atoms with Crippen molar-refractivity contribution in [2.45, 2.75) is 13.8 Å². The maximum Gasteiger partial charge on any atom is 0.259 e. The molecule has 0 spiro atoms. The van der Waals surface area contributed by atoms with E-state index in [1.54, 1.807) is 0 Å². The van der Waals surface area contributed by atoms with Crippen LogP contribution in [0.2, 0.25) is 0 Å². The smallest absolute Gasteiger partial charge is 0.259 e. The van der Waals surface area contributed by atoms with Crippen molar-refractivity contribution >= 4 is 17.4 Å². The Kier molecular flexibility index (Phi) is 2.65. The van der Waals surface area contributed by atoms with Crippen molar-refractivity contribution in [3.8, 4) is 5.75 Å². The molecular formula is C9H11NOS. The summed E-state index contributed by atoms with van der Waals surface area (Å²) in [6.07, 6.45) is 0. The lowest BCUT2D eigenvalue weighted by Crippen LogP contribution is -2.15. The molecule has 1 aromatic carbocycles. The van der Waals surface area contributed by atoms with Crippen LogP contribution in [0, 0.1) is 13.8 Å². The van der Waals surface area contributed by atoms with Gasteiger partial charge in [0.2, 0.25) is 0 Å². The van der Waals surface area contributed by atoms with Gasteiger partial charge in [-0.25, -0.2) is 0 Å². The largest absolute Gasteiger partial charge is 0.432 e. The number of ether oxygens (including phenoxy) is 1. The van der Waals surface area contributed by atoms with E-state index in [9.17, 15) is 0 Å². The Balaban J connectivity index is 2.93. The third-order valence-corrected chi connectivity index (χ3v) is 1.50. The van der Waals surface area contributed by atoms with Gasteiger partial charge in [0.05, 0.1) is 0 Å². The molecular weight excluding hydrogens is 170 g/mol. The summed E-state index contributed by atoms with van der Waals surface area (Å²) in [6.45, 7) is 4.00. The average molecular weight is 181 g/mol. The highest BCUT2D eigenvalue weighted by Gasteiger charge is 1.97. The van der Waals surface area contributed by atoms with E-state index in [0.29, 0.717) is 5.75 Å². The van der Waals surface area contributed by atoms with Gasteiger partial charge in [-0.1, -0.05) is 6.07 Å². The Bertz CT molecular complexity index is 289. The quantitative estimate of drug-likeness (QED) is 0.672. The summed E-state index contributed by atoms with van der Waals surface area (Å²) in [7, 11) is 0. The molecule has 0 aromatic heterocycles. The normalized spacial score (nSPS) is 9.50. The van der Waals surface area contributed by atoms with E-state index in [2.05, 4.69) is 18.3 Å². The molecule has 0 aliphatic rings. The Morgan fingerprint density at radius 3 is 2.17 bits per heavy atom. The summed E-state index contributed by atoms with van der Waals surface area (Å²) < 4.78 is 5.09. The molecule has 0 saturated carbocycles. The van der Waals surface area contributed by atoms with E-state index in [4.69, 9.17) is 10.5 Å². The molecule has 1 rings (SSSR count). The Morgan fingerprint density at radius 2 is 1.75 bits per heavy atom. The Labute approximate surface area is 77.3 Å². The third kappa shape index (κ3) is 2.51. The highest BCUT2D eigenvalue weighted by Crippen LogP contribution is 2.15. The fourth-order valence-corrected chi connectivity index (χ4v) is 1.20. The van der Waals surface area contributed by atoms with Gasteiger partial charge in [-0.15, -0.1) is 0 Å². The summed E-state index contributed by atoms with van der Waals surface area (Å²) in [5.74, 6) is 0.708. The van der Waals surface area contributed by atoms with Crippen molar-refractivity contribution < 1.29 is 4.74 Å². The lowest BCUT2D eigenvalue weighted by Gasteiger charge is -2.04. The zero-order chi connectivity index (χ0) is 9.14. The molecule has 1 aromatic rings. The van der Waals surface area contributed by atoms with E-state index in [0.717, 1.165) is 11.1 Å². The molecule has 0 saturated heterocycles. The second kappa shape index (κ2) is 3.54. The number of benzene rings is 1. The predicted molar refractivity (Wildman–Crippen MR) is 53.3 cm³/mol. The molecule has 0 amide bonds. The fourth-order valence-electron chi connectivity index (χ4n) is 1.11. The minimum Gasteiger partial charge on any atom is -0.432 e. The first-order valence-corrected chi connectivity index (χ1v) is 4.04. The Hall–Kier alpha value is -1.09. The minimum absolute atomic E-state index is 0.0556. The van der Waals surface area contributed by atoms with Crippen molar-refractivity contribution in [3.63, 3.8) is 0 Å². The number of nitrogens with two attached hydrogens (primary N) is 1. The van der Waals surface area contributed by atoms with Gasteiger partial charge in [0.25, 0.3) is 5.17 Å². The van der Waals surface area contributed by atoms with E-state index >= 15 is 0 Å². The highest BCUT2D eigenvalue weighted by molar-refractivity contribution is 7.80. The van der Waals surface area contributed by atoms with Gasteiger partial charge in [-0.05, 0) is 49.3 Å². The van der Waals surface area contributed by atoms with Crippen LogP contribution in [0.25, 0.3) is 0 Å². The summed E-state index contributed by atoms with van der Waals surface area (Å²) in [4.78, 5) is 0. The summed E-state index contributed by atoms with van der Waals surface area (Å²) in [6, 6.07) is 5.85. The maximum absolute atomic E-state index is 5.23. The number of aryl methyl sites for hydroxylation is 2. The Morgan fingerprint density at radius 1 is 1.25 bits per heavy atom. The SMILES string of the molecule is Cc1cc(C)cc(OC(N)=S)c1. The first kappa shape index (κ1) is 9.00. The molecule has 2 nitrogen and oxygen atoms in total. The topological polar surface area (TPSA) is 35.2 Å². The fraction of sp³-hybridized carbons (Fsp3) is 0.222. The van der Waals surface area contributed by atoms with Crippen LogP contribution in [0.5, 0.6) is 5.75 Å². The zero-order valence-corrected chi connectivity index (χ0v) is 7.94. The second-order valence-electron chi connectivity index (χ2n) is 2.74. The van der Waals surface area contributed by atoms with Crippen LogP contribution in [0.3, 0.4) is 0 Å². The van der Waals surface area contributed by atoms with Crippen LogP contribution >= 0.6 is 12.2 Å². The lowest BCUT2D eigenvalue weighted by molar-refractivity contribution is 0.556. The third-order valence-electron chi connectivity index (χ3n) is 1.41. The molecule has 0 fully saturated rings. The molecule has 0 heterocycles. The van der Waals surface area contributed by atoms with Crippen LogP contribution < -0.4 is 10.5 Å². The van der Waals surface area contributed by atoms with Crippen molar-refractivity contribution in [1.29, 1.82) is 0 Å². The predicted octanol–water partition coefficient (Wildman–Crippen LogP) is 1.93. The summed E-state index contributed by atoms with van der Waals surface area (Å²) >= 11 is 4.62. The standard InChI is InChI=1S/C9H11NOS/c1-6-3-7(2)5-8(4-6)11-9(10)12/h3-5H,1-2H3,(H2,10,12). The molecule has 0 bridgehead atoms. The van der Waals surface area contributed by atoms with E-state index in [-0.39, 0.29) is 5.17 Å². The van der Waals surface area contributed by atoms with E-state index < -0.39 is 0 Å². The number of hydrogen-bond acceptors (Lipinski definition) is 2. The van der Waals surface area contributed by atoms with Gasteiger partial charge < -0.3 is 10.5 Å². The lowest BCUT2D eigenvalue weighted by atomic mass is 10.1. The number of hydrogen-bond donors (Lipinski definition) is 1. The molecule has 0 unspecified atom stereocenters. The molecule has 0 atom stereocenters. The molecule has 2 N–H and O–H groups in total. The molecule has 0 aliphatic carbocycles. The average Bonchev–Trinajstić information content (AvgIpc) is 1.81. The molecule has 64 valence electrons. The van der Waals surface area contributed by atoms with Gasteiger partial charge in [0.15, 0.2) is 0 Å². The highest BCUT2D eigenvalue weighted by atomic mass is 32.1. The molecule has 0 aliphatic heterocycles. The zero-order valence-electron chi connectivity index (χ0n) is 7.13. The maximum atomic E-state index is 5.23. The first-order valence-electron chi connectivity index (χ1n) is 3.63. The van der Waals surface area contributed by atoms with Gasteiger partial charge in [0, 0.05) is 0 Å². The minimum atomic E-state index is 0.0556. The molecule has 0 radical (unpaired) electrons. The van der Waals surface area contributed by atoms with Gasteiger partial charge in [0.1, 0.15) is 5.75 Å². The van der Waals surface area contributed by atoms with Crippen molar-refractivity contribution in [2.24, 2.45) is 5.73 Å². The van der Waals surface area contributed by atoms with Gasteiger partial charge >= 0.3 is 0 Å². The molecule has 3 heteroatoms. The van der Waals surface area contributed by atoms with Gasteiger partial charge in [-0.2, -0.15) is 0 Å². The van der Waals surface area contributed by atoms with Crippen molar-refractivity contribution in [1.82, 2.24) is 0 Å². The summed E-state index contributed by atoms with van der Waals surface area (Å²) in [5, 5.41) is 0.0556. The van der Waals surface area contributed by atoms with Crippen molar-refractivity contribution in [3.05, 3.63) is 29.3 Å². The van der Waals surface area contributed by atoms with Crippen LogP contribution in [-0.2, 0) is 0 Å². The van der Waals surface area contributed by atoms with Crippen LogP contribution in [0.15, 0.2) is 18.2 Å². The van der Waals surface area contributed by atoms with E-state index in [1.165, 1.54) is 0 Å². The number of rotatable bonds is 1. The van der Waals surface area contributed by atoms with E-state index in [1.807, 2.05) is 26.0 Å². The van der Waals surface area contributed by atoms with Gasteiger partial charge in [-0.3, -0.25) is 0 Å². The first-order chi connectivity index (χ1) is 5.58. The van der Waals surface area contributed by atoms with Crippen LogP contribution in [-0.4, -0.2) is 5.17 Å². The monoisotopic (exact) mass is 181 g/mol.